The van der Waals surface area contributed by atoms with Crippen LogP contribution in [0.15, 0.2) is 42.5 Å². The van der Waals surface area contributed by atoms with Crippen molar-refractivity contribution in [2.45, 2.75) is 26.3 Å². The van der Waals surface area contributed by atoms with Crippen LogP contribution in [0.5, 0.6) is 0 Å². The molecule has 1 atom stereocenters. The number of amides is 1. The van der Waals surface area contributed by atoms with Crippen molar-refractivity contribution in [2.24, 2.45) is 0 Å². The number of sulfonamides is 1. The fourth-order valence-electron chi connectivity index (χ4n) is 2.96. The number of hydrogen-bond acceptors (Lipinski definition) is 6. The quantitative estimate of drug-likeness (QED) is 0.535. The lowest BCUT2D eigenvalue weighted by molar-refractivity contribution is -0.117. The Bertz CT molecular complexity index is 1200. The first-order valence-electron chi connectivity index (χ1n) is 9.26. The van der Waals surface area contributed by atoms with E-state index in [1.807, 2.05) is 31.2 Å². The van der Waals surface area contributed by atoms with E-state index >= 15 is 0 Å². The first kappa shape index (κ1) is 23.1. The van der Waals surface area contributed by atoms with Crippen LogP contribution in [0, 0.1) is 12.7 Å². The minimum absolute atomic E-state index is 0.0912. The second-order valence-electron chi connectivity index (χ2n) is 6.85. The molecule has 0 radical (unpaired) electrons. The zero-order chi connectivity index (χ0) is 22.8. The Labute approximate surface area is 188 Å². The van der Waals surface area contributed by atoms with Crippen LogP contribution >= 0.6 is 22.9 Å². The summed E-state index contributed by atoms with van der Waals surface area (Å²) in [7, 11) is -3.88. The Kier molecular flexibility index (Phi) is 6.93. The summed E-state index contributed by atoms with van der Waals surface area (Å²) < 4.78 is 39.5. The first-order valence-corrected chi connectivity index (χ1v) is 12.3. The van der Waals surface area contributed by atoms with Crippen molar-refractivity contribution in [1.82, 2.24) is 10.2 Å². The Balaban J connectivity index is 1.87. The summed E-state index contributed by atoms with van der Waals surface area (Å²) in [6.45, 7) is 3.65. The third-order valence-electron chi connectivity index (χ3n) is 4.44. The van der Waals surface area contributed by atoms with Gasteiger partial charge in [0, 0.05) is 5.56 Å². The molecule has 0 aliphatic carbocycles. The molecule has 0 unspecified atom stereocenters. The number of aromatic nitrogens is 2. The van der Waals surface area contributed by atoms with Crippen LogP contribution in [-0.2, 0) is 14.8 Å². The molecule has 0 spiro atoms. The summed E-state index contributed by atoms with van der Waals surface area (Å²) in [5.41, 5.74) is 2.05. The number of halogens is 2. The smallest absolute Gasteiger partial charge is 0.250 e. The standard InChI is InChI=1S/C20H20ClFN4O3S2/c1-4-17(26(31(3,28)29)14-9-10-16(22)15(21)11-14)18(27)23-20-25-24-19(30-20)13-7-5-12(2)6-8-13/h5-11,17H,4H2,1-3H3,(H,23,25,27)/t17-/m1/s1. The number of anilines is 2. The third-order valence-corrected chi connectivity index (χ3v) is 6.80. The lowest BCUT2D eigenvalue weighted by atomic mass is 10.2. The molecule has 2 aromatic carbocycles. The number of benzene rings is 2. The van der Waals surface area contributed by atoms with Crippen LogP contribution in [-0.4, -0.2) is 36.8 Å². The van der Waals surface area contributed by atoms with Gasteiger partial charge in [0.15, 0.2) is 0 Å². The number of carbonyl (C=O) groups excluding carboxylic acids is 1. The molecule has 1 N–H and O–H groups in total. The number of nitrogens with one attached hydrogen (secondary N) is 1. The summed E-state index contributed by atoms with van der Waals surface area (Å²) in [4.78, 5) is 13.0. The van der Waals surface area contributed by atoms with Gasteiger partial charge in [-0.15, -0.1) is 10.2 Å². The van der Waals surface area contributed by atoms with E-state index in [9.17, 15) is 17.6 Å². The van der Waals surface area contributed by atoms with E-state index in [2.05, 4.69) is 15.5 Å². The van der Waals surface area contributed by atoms with E-state index in [1.54, 1.807) is 6.92 Å². The second-order valence-corrected chi connectivity index (χ2v) is 10.1. The van der Waals surface area contributed by atoms with Gasteiger partial charge in [0.25, 0.3) is 0 Å². The number of nitrogens with zero attached hydrogens (tertiary/aromatic N) is 3. The number of aryl methyl sites for hydroxylation is 1. The molecule has 1 amide bonds. The second kappa shape index (κ2) is 9.29. The first-order chi connectivity index (χ1) is 14.6. The maximum atomic E-state index is 13.6. The highest BCUT2D eigenvalue weighted by Crippen LogP contribution is 2.29. The summed E-state index contributed by atoms with van der Waals surface area (Å²) in [5.74, 6) is -1.27. The van der Waals surface area contributed by atoms with Gasteiger partial charge >= 0.3 is 0 Å². The SMILES string of the molecule is CC[C@H](C(=O)Nc1nnc(-c2ccc(C)cc2)s1)N(c1ccc(F)c(Cl)c1)S(C)(=O)=O. The fourth-order valence-corrected chi connectivity index (χ4v) is 5.09. The Morgan fingerprint density at radius 3 is 2.48 bits per heavy atom. The molecular formula is C20H20ClFN4O3S2. The predicted octanol–water partition coefficient (Wildman–Crippen LogP) is 4.49. The van der Waals surface area contributed by atoms with Crippen molar-refractivity contribution in [1.29, 1.82) is 0 Å². The van der Waals surface area contributed by atoms with E-state index in [4.69, 9.17) is 11.6 Å². The maximum Gasteiger partial charge on any atom is 0.250 e. The predicted molar refractivity (Wildman–Crippen MR) is 122 cm³/mol. The Morgan fingerprint density at radius 1 is 1.23 bits per heavy atom. The Morgan fingerprint density at radius 2 is 1.90 bits per heavy atom. The van der Waals surface area contributed by atoms with Crippen LogP contribution in [0.4, 0.5) is 15.2 Å². The van der Waals surface area contributed by atoms with Crippen LogP contribution < -0.4 is 9.62 Å². The van der Waals surface area contributed by atoms with Crippen molar-refractivity contribution in [3.05, 3.63) is 58.9 Å². The van der Waals surface area contributed by atoms with Gasteiger partial charge in [0.2, 0.25) is 21.1 Å². The largest absolute Gasteiger partial charge is 0.299 e. The van der Waals surface area contributed by atoms with E-state index < -0.39 is 27.8 Å². The van der Waals surface area contributed by atoms with Crippen molar-refractivity contribution < 1.29 is 17.6 Å². The number of rotatable bonds is 7. The van der Waals surface area contributed by atoms with E-state index in [-0.39, 0.29) is 22.3 Å². The highest BCUT2D eigenvalue weighted by molar-refractivity contribution is 7.92. The van der Waals surface area contributed by atoms with Gasteiger partial charge in [-0.3, -0.25) is 14.4 Å². The van der Waals surface area contributed by atoms with Crippen molar-refractivity contribution in [3.8, 4) is 10.6 Å². The molecule has 3 rings (SSSR count). The highest BCUT2D eigenvalue weighted by atomic mass is 35.5. The lowest BCUT2D eigenvalue weighted by Gasteiger charge is -2.29. The molecule has 0 saturated carbocycles. The van der Waals surface area contributed by atoms with Crippen molar-refractivity contribution in [2.75, 3.05) is 15.9 Å². The van der Waals surface area contributed by atoms with E-state index in [1.165, 1.54) is 23.5 Å². The minimum atomic E-state index is -3.88. The number of hydrogen-bond donors (Lipinski definition) is 1. The number of carbonyl (C=O) groups is 1. The molecule has 11 heteroatoms. The molecule has 1 aromatic heterocycles. The average Bonchev–Trinajstić information content (AvgIpc) is 3.16. The molecule has 1 heterocycles. The molecule has 0 bridgehead atoms. The summed E-state index contributed by atoms with van der Waals surface area (Å²) in [5, 5.41) is 11.3. The van der Waals surface area contributed by atoms with Gasteiger partial charge in [0.05, 0.1) is 17.0 Å². The highest BCUT2D eigenvalue weighted by Gasteiger charge is 2.32. The molecule has 3 aromatic rings. The lowest BCUT2D eigenvalue weighted by Crippen LogP contribution is -2.47. The van der Waals surface area contributed by atoms with Gasteiger partial charge in [-0.1, -0.05) is 59.7 Å². The zero-order valence-corrected chi connectivity index (χ0v) is 19.4. The van der Waals surface area contributed by atoms with Crippen LogP contribution in [0.25, 0.3) is 10.6 Å². The van der Waals surface area contributed by atoms with Gasteiger partial charge in [-0.05, 0) is 31.5 Å². The van der Waals surface area contributed by atoms with Crippen molar-refractivity contribution in [3.63, 3.8) is 0 Å². The van der Waals surface area contributed by atoms with Gasteiger partial charge in [0.1, 0.15) is 16.9 Å². The van der Waals surface area contributed by atoms with Crippen LogP contribution in [0.3, 0.4) is 0 Å². The van der Waals surface area contributed by atoms with Gasteiger partial charge in [-0.2, -0.15) is 0 Å². The van der Waals surface area contributed by atoms with E-state index in [0.29, 0.717) is 5.01 Å². The molecular weight excluding hydrogens is 463 g/mol. The molecule has 0 fully saturated rings. The third kappa shape index (κ3) is 5.38. The molecule has 0 saturated heterocycles. The fraction of sp³-hybridized carbons (Fsp3) is 0.250. The molecule has 7 nitrogen and oxygen atoms in total. The zero-order valence-electron chi connectivity index (χ0n) is 17.0. The van der Waals surface area contributed by atoms with Gasteiger partial charge in [-0.25, -0.2) is 12.8 Å². The average molecular weight is 483 g/mol. The maximum absolute atomic E-state index is 13.6. The molecule has 0 aliphatic heterocycles. The van der Waals surface area contributed by atoms with E-state index in [0.717, 1.165) is 27.8 Å². The van der Waals surface area contributed by atoms with Crippen LogP contribution in [0.1, 0.15) is 18.9 Å². The Hall–Kier alpha value is -2.56. The monoisotopic (exact) mass is 482 g/mol. The van der Waals surface area contributed by atoms with Crippen molar-refractivity contribution >= 4 is 49.7 Å². The molecule has 31 heavy (non-hydrogen) atoms. The summed E-state index contributed by atoms with van der Waals surface area (Å²) >= 11 is 7.00. The summed E-state index contributed by atoms with van der Waals surface area (Å²) in [6.07, 6.45) is 1.14. The minimum Gasteiger partial charge on any atom is -0.299 e. The molecule has 164 valence electrons. The molecule has 0 aliphatic rings. The topological polar surface area (TPSA) is 92.3 Å². The summed E-state index contributed by atoms with van der Waals surface area (Å²) in [6, 6.07) is 10.1. The van der Waals surface area contributed by atoms with Gasteiger partial charge < -0.3 is 0 Å². The normalized spacial score (nSPS) is 12.4. The van der Waals surface area contributed by atoms with Crippen LogP contribution in [0.2, 0.25) is 5.02 Å².